The summed E-state index contributed by atoms with van der Waals surface area (Å²) in [5.74, 6) is -0.527. The summed E-state index contributed by atoms with van der Waals surface area (Å²) in [7, 11) is 0. The van der Waals surface area contributed by atoms with Gasteiger partial charge in [0.15, 0.2) is 11.3 Å². The number of hydrogen-bond donors (Lipinski definition) is 2. The van der Waals surface area contributed by atoms with Crippen molar-refractivity contribution in [3.8, 4) is 0 Å². The lowest BCUT2D eigenvalue weighted by Gasteiger charge is -1.81. The number of nitrogens with two attached hydrogens (primary N) is 1. The van der Waals surface area contributed by atoms with Crippen molar-refractivity contribution in [1.29, 1.82) is 0 Å². The molecule has 2 aromatic rings. The molecule has 0 unspecified atom stereocenters. The summed E-state index contributed by atoms with van der Waals surface area (Å²) in [6.45, 7) is 0. The van der Waals surface area contributed by atoms with Crippen LogP contribution in [0.2, 0.25) is 0 Å². The highest BCUT2D eigenvalue weighted by molar-refractivity contribution is 7.17. The Kier molecular flexibility index (Phi) is 1.16. The molecule has 2 aromatic heterocycles. The van der Waals surface area contributed by atoms with Crippen molar-refractivity contribution < 1.29 is 4.79 Å². The molecule has 5 nitrogen and oxygen atoms in total. The smallest absolute Gasteiger partial charge is 0.270 e. The number of thiazole rings is 1. The van der Waals surface area contributed by atoms with E-state index in [9.17, 15) is 4.79 Å². The number of primary amides is 1. The van der Waals surface area contributed by atoms with Crippen LogP contribution in [0.1, 0.15) is 10.5 Å². The Balaban J connectivity index is 2.78. The van der Waals surface area contributed by atoms with Crippen molar-refractivity contribution >= 4 is 27.6 Å². The lowest BCUT2D eigenvalue weighted by atomic mass is 10.4. The maximum atomic E-state index is 10.7. The van der Waals surface area contributed by atoms with Crippen LogP contribution in [0.15, 0.2) is 5.51 Å². The molecule has 0 atom stereocenters. The van der Waals surface area contributed by atoms with Gasteiger partial charge in [-0.1, -0.05) is 0 Å². The zero-order valence-corrected chi connectivity index (χ0v) is 6.18. The number of nitrogens with one attached hydrogen (secondary N) is 1. The predicted molar refractivity (Wildman–Crippen MR) is 40.3 cm³/mol. The van der Waals surface area contributed by atoms with Gasteiger partial charge in [-0.15, -0.1) is 11.3 Å². The first kappa shape index (κ1) is 6.29. The number of aromatic amines is 1. The number of carbonyl (C=O) groups is 1. The predicted octanol–water partition coefficient (Wildman–Crippen LogP) is 0.118. The zero-order valence-electron chi connectivity index (χ0n) is 5.37. The van der Waals surface area contributed by atoms with Crippen molar-refractivity contribution in [2.24, 2.45) is 5.73 Å². The van der Waals surface area contributed by atoms with Crippen LogP contribution < -0.4 is 5.73 Å². The highest BCUT2D eigenvalue weighted by Gasteiger charge is 2.11. The minimum Gasteiger partial charge on any atom is -0.364 e. The number of H-pyrrole nitrogens is 1. The van der Waals surface area contributed by atoms with Gasteiger partial charge in [0.2, 0.25) is 0 Å². The third-order valence-corrected chi connectivity index (χ3v) is 2.12. The number of amides is 1. The third kappa shape index (κ3) is 0.795. The fourth-order valence-corrected chi connectivity index (χ4v) is 1.55. The molecule has 1 amide bonds. The van der Waals surface area contributed by atoms with Gasteiger partial charge >= 0.3 is 0 Å². The fraction of sp³-hybridized carbons (Fsp3) is 0. The second kappa shape index (κ2) is 2.03. The van der Waals surface area contributed by atoms with E-state index in [2.05, 4.69) is 15.2 Å². The zero-order chi connectivity index (χ0) is 7.84. The Morgan fingerprint density at radius 3 is 3.27 bits per heavy atom. The van der Waals surface area contributed by atoms with Gasteiger partial charge in [-0.05, 0) is 0 Å². The Bertz CT molecular complexity index is 403. The van der Waals surface area contributed by atoms with E-state index in [1.807, 2.05) is 0 Å². The van der Waals surface area contributed by atoms with E-state index in [1.54, 1.807) is 5.51 Å². The molecule has 0 saturated carbocycles. The molecule has 0 aliphatic rings. The molecule has 3 N–H and O–H groups in total. The fourth-order valence-electron chi connectivity index (χ4n) is 0.820. The number of fused-ring (bicyclic) bond motifs is 1. The highest BCUT2D eigenvalue weighted by Crippen LogP contribution is 2.18. The second-order valence-corrected chi connectivity index (χ2v) is 2.82. The van der Waals surface area contributed by atoms with Crippen molar-refractivity contribution in [3.05, 3.63) is 11.2 Å². The van der Waals surface area contributed by atoms with E-state index in [0.717, 1.165) is 4.70 Å². The lowest BCUT2D eigenvalue weighted by Crippen LogP contribution is -2.11. The second-order valence-electron chi connectivity index (χ2n) is 1.97. The summed E-state index contributed by atoms with van der Waals surface area (Å²) in [5.41, 5.74) is 7.56. The van der Waals surface area contributed by atoms with Gasteiger partial charge in [0.25, 0.3) is 5.91 Å². The molecule has 2 heterocycles. The van der Waals surface area contributed by atoms with E-state index >= 15 is 0 Å². The highest BCUT2D eigenvalue weighted by atomic mass is 32.1. The van der Waals surface area contributed by atoms with Crippen molar-refractivity contribution in [1.82, 2.24) is 15.2 Å². The van der Waals surface area contributed by atoms with Crippen LogP contribution in [-0.2, 0) is 0 Å². The molecule has 56 valence electrons. The van der Waals surface area contributed by atoms with Crippen LogP contribution in [0.3, 0.4) is 0 Å². The van der Waals surface area contributed by atoms with Gasteiger partial charge in [-0.3, -0.25) is 9.89 Å². The number of hydrogen-bond acceptors (Lipinski definition) is 4. The Morgan fingerprint density at radius 1 is 1.73 bits per heavy atom. The number of aromatic nitrogens is 3. The molecule has 0 fully saturated rings. The van der Waals surface area contributed by atoms with Crippen molar-refractivity contribution in [3.63, 3.8) is 0 Å². The van der Waals surface area contributed by atoms with Crippen LogP contribution in [0.25, 0.3) is 10.3 Å². The van der Waals surface area contributed by atoms with Gasteiger partial charge in [0, 0.05) is 0 Å². The monoisotopic (exact) mass is 168 g/mol. The minimum atomic E-state index is -0.527. The maximum absolute atomic E-state index is 10.7. The molecule has 0 aromatic carbocycles. The van der Waals surface area contributed by atoms with Gasteiger partial charge in [-0.2, -0.15) is 5.10 Å². The largest absolute Gasteiger partial charge is 0.364 e. The summed E-state index contributed by atoms with van der Waals surface area (Å²) in [6.07, 6.45) is 0. The van der Waals surface area contributed by atoms with Crippen molar-refractivity contribution in [2.45, 2.75) is 0 Å². The molecular formula is C5H4N4OS. The first-order valence-corrected chi connectivity index (χ1v) is 3.74. The molecule has 0 saturated heterocycles. The van der Waals surface area contributed by atoms with Crippen molar-refractivity contribution in [2.75, 3.05) is 0 Å². The molecule has 0 radical (unpaired) electrons. The Labute approximate surface area is 65.2 Å². The van der Waals surface area contributed by atoms with E-state index in [0.29, 0.717) is 5.65 Å². The first-order chi connectivity index (χ1) is 5.29. The number of rotatable bonds is 1. The molecule has 0 spiro atoms. The summed E-state index contributed by atoms with van der Waals surface area (Å²) in [4.78, 5) is 14.6. The molecule has 0 bridgehead atoms. The Hall–Kier alpha value is -1.43. The van der Waals surface area contributed by atoms with E-state index < -0.39 is 5.91 Å². The van der Waals surface area contributed by atoms with Crippen LogP contribution in [0.4, 0.5) is 0 Å². The first-order valence-electron chi connectivity index (χ1n) is 2.86. The summed E-state index contributed by atoms with van der Waals surface area (Å²) in [6, 6.07) is 0. The van der Waals surface area contributed by atoms with E-state index in [1.165, 1.54) is 11.3 Å². The molecule has 11 heavy (non-hydrogen) atoms. The van der Waals surface area contributed by atoms with Crippen LogP contribution >= 0.6 is 11.3 Å². The number of carbonyl (C=O) groups excluding carboxylic acids is 1. The average Bonchev–Trinajstić information content (AvgIpc) is 2.41. The summed E-state index contributed by atoms with van der Waals surface area (Å²) in [5, 5.41) is 6.30. The molecule has 0 aliphatic carbocycles. The minimum absolute atomic E-state index is 0.266. The maximum Gasteiger partial charge on any atom is 0.270 e. The van der Waals surface area contributed by atoms with E-state index in [4.69, 9.17) is 5.73 Å². The quantitative estimate of drug-likeness (QED) is 0.634. The standard InChI is InChI=1S/C5H4N4OS/c6-4(10)2-3-5(9-8-2)7-1-11-3/h1H,(H2,6,10)(H,8,9). The molecule has 2 rings (SSSR count). The Morgan fingerprint density at radius 2 is 2.55 bits per heavy atom. The lowest BCUT2D eigenvalue weighted by molar-refractivity contribution is 0.0997. The third-order valence-electron chi connectivity index (χ3n) is 1.29. The van der Waals surface area contributed by atoms with Gasteiger partial charge in [-0.25, -0.2) is 4.98 Å². The SMILES string of the molecule is NC(=O)c1n[nH]c2ncsc12. The van der Waals surface area contributed by atoms with E-state index in [-0.39, 0.29) is 5.69 Å². The summed E-state index contributed by atoms with van der Waals surface area (Å²) < 4.78 is 0.720. The topological polar surface area (TPSA) is 84.7 Å². The van der Waals surface area contributed by atoms with Gasteiger partial charge in [0.05, 0.1) is 5.51 Å². The molecule has 0 aliphatic heterocycles. The summed E-state index contributed by atoms with van der Waals surface area (Å²) >= 11 is 1.34. The molecular weight excluding hydrogens is 164 g/mol. The van der Waals surface area contributed by atoms with Crippen LogP contribution in [0.5, 0.6) is 0 Å². The average molecular weight is 168 g/mol. The number of nitrogens with zero attached hydrogens (tertiary/aromatic N) is 2. The van der Waals surface area contributed by atoms with Crippen LogP contribution in [0, 0.1) is 0 Å². The molecule has 6 heteroatoms. The van der Waals surface area contributed by atoms with Gasteiger partial charge < -0.3 is 5.73 Å². The van der Waals surface area contributed by atoms with Crippen LogP contribution in [-0.4, -0.2) is 21.1 Å². The normalized spacial score (nSPS) is 10.5. The van der Waals surface area contributed by atoms with Gasteiger partial charge in [0.1, 0.15) is 4.70 Å².